The van der Waals surface area contributed by atoms with Gasteiger partial charge in [-0.1, -0.05) is 68.3 Å². The normalized spacial score (nSPS) is 24.9. The standard InChI is InChI=1S/C27H33NO6S/c1-18(2)17-23-25(34-27(30)28(23)35(31,32)21-15-13-19(3)14-16-21)26(29)33-24-12-8-7-11-22(24)20-9-5-4-6-10-20/h4-6,9-10,13-16,18,22-25H,7-8,11-12,17H2,1-3H3/t22-,23-,24+,25+/m0/s1. The van der Waals surface area contributed by atoms with Gasteiger partial charge >= 0.3 is 12.1 Å². The van der Waals surface area contributed by atoms with E-state index in [2.05, 4.69) is 0 Å². The fourth-order valence-electron chi connectivity index (χ4n) is 5.04. The van der Waals surface area contributed by atoms with E-state index in [1.165, 1.54) is 12.1 Å². The van der Waals surface area contributed by atoms with Gasteiger partial charge in [-0.25, -0.2) is 18.0 Å². The SMILES string of the molecule is Cc1ccc(S(=O)(=O)N2C(=O)O[C@@H](C(=O)O[C@@H]3CCCC[C@H]3c3ccccc3)[C@@H]2CC(C)C)cc1. The highest BCUT2D eigenvalue weighted by atomic mass is 32.2. The molecule has 1 aliphatic heterocycles. The van der Waals surface area contributed by atoms with Crippen molar-refractivity contribution in [3.8, 4) is 0 Å². The summed E-state index contributed by atoms with van der Waals surface area (Å²) < 4.78 is 38.9. The van der Waals surface area contributed by atoms with Gasteiger partial charge in [-0.05, 0) is 56.2 Å². The Kier molecular flexibility index (Phi) is 7.50. The molecule has 4 atom stereocenters. The molecular weight excluding hydrogens is 466 g/mol. The lowest BCUT2D eigenvalue weighted by atomic mass is 9.81. The van der Waals surface area contributed by atoms with Crippen molar-refractivity contribution in [2.24, 2.45) is 5.92 Å². The third kappa shape index (κ3) is 5.37. The Hall–Kier alpha value is -2.87. The van der Waals surface area contributed by atoms with Crippen molar-refractivity contribution >= 4 is 22.1 Å². The van der Waals surface area contributed by atoms with E-state index >= 15 is 0 Å². The third-order valence-electron chi connectivity index (χ3n) is 6.78. The fourth-order valence-corrected chi connectivity index (χ4v) is 6.54. The number of rotatable bonds is 7. The van der Waals surface area contributed by atoms with Crippen LogP contribution in [-0.2, 0) is 24.3 Å². The third-order valence-corrected chi connectivity index (χ3v) is 8.58. The van der Waals surface area contributed by atoms with Crippen LogP contribution in [0.3, 0.4) is 0 Å². The van der Waals surface area contributed by atoms with E-state index in [0.29, 0.717) is 6.42 Å². The highest BCUT2D eigenvalue weighted by Crippen LogP contribution is 2.37. The van der Waals surface area contributed by atoms with E-state index in [-0.39, 0.29) is 29.3 Å². The number of aryl methyl sites for hydroxylation is 1. The molecule has 1 heterocycles. The van der Waals surface area contributed by atoms with Crippen LogP contribution in [0.25, 0.3) is 0 Å². The molecule has 0 aromatic heterocycles. The molecule has 1 amide bonds. The summed E-state index contributed by atoms with van der Waals surface area (Å²) in [6.07, 6.45) is 1.19. The molecule has 2 aromatic carbocycles. The van der Waals surface area contributed by atoms with Crippen LogP contribution in [0.5, 0.6) is 0 Å². The van der Waals surface area contributed by atoms with Crippen molar-refractivity contribution in [3.05, 3.63) is 65.7 Å². The van der Waals surface area contributed by atoms with Gasteiger partial charge in [0.05, 0.1) is 4.90 Å². The van der Waals surface area contributed by atoms with Crippen LogP contribution in [0.4, 0.5) is 4.79 Å². The van der Waals surface area contributed by atoms with Crippen LogP contribution in [-0.4, -0.2) is 43.0 Å². The number of amides is 1. The minimum absolute atomic E-state index is 0.0146. The summed E-state index contributed by atoms with van der Waals surface area (Å²) in [5, 5.41) is 0. The molecule has 8 heteroatoms. The van der Waals surface area contributed by atoms with Crippen molar-refractivity contribution in [3.63, 3.8) is 0 Å². The number of hydrogen-bond donors (Lipinski definition) is 0. The number of ether oxygens (including phenoxy) is 2. The monoisotopic (exact) mass is 499 g/mol. The second-order valence-electron chi connectivity index (χ2n) is 9.89. The van der Waals surface area contributed by atoms with E-state index in [4.69, 9.17) is 9.47 Å². The van der Waals surface area contributed by atoms with Gasteiger partial charge in [0.1, 0.15) is 12.1 Å². The lowest BCUT2D eigenvalue weighted by Gasteiger charge is -2.32. The number of nitrogens with zero attached hydrogens (tertiary/aromatic N) is 1. The van der Waals surface area contributed by atoms with Gasteiger partial charge in [0, 0.05) is 5.92 Å². The first-order valence-corrected chi connectivity index (χ1v) is 13.7. The lowest BCUT2D eigenvalue weighted by molar-refractivity contribution is -0.161. The maximum atomic E-state index is 13.4. The van der Waals surface area contributed by atoms with Crippen molar-refractivity contribution in [1.29, 1.82) is 0 Å². The van der Waals surface area contributed by atoms with E-state index in [0.717, 1.165) is 34.7 Å². The molecule has 2 aliphatic rings. The van der Waals surface area contributed by atoms with Gasteiger partial charge < -0.3 is 9.47 Å². The molecule has 2 fully saturated rings. The molecule has 0 N–H and O–H groups in total. The molecular formula is C27H33NO6S. The van der Waals surface area contributed by atoms with Gasteiger partial charge in [0.2, 0.25) is 6.10 Å². The minimum Gasteiger partial charge on any atom is -0.459 e. The van der Waals surface area contributed by atoms with E-state index in [9.17, 15) is 18.0 Å². The second-order valence-corrected chi connectivity index (χ2v) is 11.7. The van der Waals surface area contributed by atoms with Gasteiger partial charge in [-0.15, -0.1) is 0 Å². The maximum absolute atomic E-state index is 13.4. The summed E-state index contributed by atoms with van der Waals surface area (Å²) in [5.41, 5.74) is 2.00. The molecule has 0 spiro atoms. The van der Waals surface area contributed by atoms with Crippen LogP contribution in [0.1, 0.15) is 63.0 Å². The Balaban J connectivity index is 1.59. The van der Waals surface area contributed by atoms with Crippen molar-refractivity contribution in [1.82, 2.24) is 4.31 Å². The molecule has 35 heavy (non-hydrogen) atoms. The lowest BCUT2D eigenvalue weighted by Crippen LogP contribution is -2.45. The molecule has 0 bridgehead atoms. The van der Waals surface area contributed by atoms with Crippen LogP contribution in [0.15, 0.2) is 59.5 Å². The van der Waals surface area contributed by atoms with Gasteiger partial charge in [0.25, 0.3) is 10.0 Å². The highest BCUT2D eigenvalue weighted by Gasteiger charge is 2.53. The Morgan fingerprint density at radius 3 is 2.37 bits per heavy atom. The van der Waals surface area contributed by atoms with Gasteiger partial charge in [-0.2, -0.15) is 4.31 Å². The van der Waals surface area contributed by atoms with E-state index in [1.54, 1.807) is 12.1 Å². The van der Waals surface area contributed by atoms with Crippen molar-refractivity contribution in [2.75, 3.05) is 0 Å². The van der Waals surface area contributed by atoms with Crippen LogP contribution < -0.4 is 0 Å². The number of carbonyl (C=O) groups is 2. The minimum atomic E-state index is -4.20. The first kappa shape index (κ1) is 25.2. The molecule has 2 aromatic rings. The zero-order valence-corrected chi connectivity index (χ0v) is 21.2. The summed E-state index contributed by atoms with van der Waals surface area (Å²) >= 11 is 0. The Labute approximate surface area is 207 Å². The topological polar surface area (TPSA) is 90.0 Å². The first-order valence-electron chi connectivity index (χ1n) is 12.3. The van der Waals surface area contributed by atoms with Crippen molar-refractivity contribution < 1.29 is 27.5 Å². The number of cyclic esters (lactones) is 1. The average molecular weight is 500 g/mol. The zero-order chi connectivity index (χ0) is 25.2. The molecule has 1 saturated carbocycles. The first-order chi connectivity index (χ1) is 16.7. The predicted octanol–water partition coefficient (Wildman–Crippen LogP) is 5.19. The van der Waals surface area contributed by atoms with E-state index in [1.807, 2.05) is 51.1 Å². The summed E-state index contributed by atoms with van der Waals surface area (Å²) in [4.78, 5) is 26.2. The summed E-state index contributed by atoms with van der Waals surface area (Å²) in [6, 6.07) is 15.2. The zero-order valence-electron chi connectivity index (χ0n) is 20.4. The summed E-state index contributed by atoms with van der Waals surface area (Å²) in [6.45, 7) is 5.67. The van der Waals surface area contributed by atoms with Crippen LogP contribution in [0.2, 0.25) is 0 Å². The molecule has 188 valence electrons. The number of carbonyl (C=O) groups excluding carboxylic acids is 2. The molecule has 1 aliphatic carbocycles. The summed E-state index contributed by atoms with van der Waals surface area (Å²) in [7, 11) is -4.20. The second kappa shape index (κ2) is 10.4. The van der Waals surface area contributed by atoms with Crippen LogP contribution >= 0.6 is 0 Å². The quantitative estimate of drug-likeness (QED) is 0.487. The number of benzene rings is 2. The van der Waals surface area contributed by atoms with Crippen LogP contribution in [0, 0.1) is 12.8 Å². The smallest absolute Gasteiger partial charge is 0.425 e. The Morgan fingerprint density at radius 1 is 1.06 bits per heavy atom. The molecule has 4 rings (SSSR count). The molecule has 1 saturated heterocycles. The summed E-state index contributed by atoms with van der Waals surface area (Å²) in [5.74, 6) is -0.604. The molecule has 7 nitrogen and oxygen atoms in total. The Bertz CT molecular complexity index is 1150. The highest BCUT2D eigenvalue weighted by molar-refractivity contribution is 7.89. The predicted molar refractivity (Wildman–Crippen MR) is 131 cm³/mol. The fraction of sp³-hybridized carbons (Fsp3) is 0.481. The number of sulfonamides is 1. The molecule has 0 radical (unpaired) electrons. The van der Waals surface area contributed by atoms with Crippen molar-refractivity contribution in [2.45, 2.75) is 81.9 Å². The average Bonchev–Trinajstić information content (AvgIpc) is 3.16. The Morgan fingerprint density at radius 2 is 1.71 bits per heavy atom. The maximum Gasteiger partial charge on any atom is 0.425 e. The number of esters is 1. The number of hydrogen-bond acceptors (Lipinski definition) is 6. The van der Waals surface area contributed by atoms with E-state index < -0.39 is 34.2 Å². The molecule has 0 unspecified atom stereocenters. The largest absolute Gasteiger partial charge is 0.459 e. The van der Waals surface area contributed by atoms with Gasteiger partial charge in [0.15, 0.2) is 0 Å². The van der Waals surface area contributed by atoms with Gasteiger partial charge in [-0.3, -0.25) is 0 Å².